The second-order valence-electron chi connectivity index (χ2n) is 10.3. The third kappa shape index (κ3) is 2.97. The minimum atomic E-state index is -1.37. The van der Waals surface area contributed by atoms with Crippen LogP contribution in [0.4, 0.5) is 0 Å². The zero-order chi connectivity index (χ0) is 27.9. The fourth-order valence-corrected chi connectivity index (χ4v) is 7.39. The van der Waals surface area contributed by atoms with E-state index in [4.69, 9.17) is 15.2 Å². The summed E-state index contributed by atoms with van der Waals surface area (Å²) < 4.78 is 17.8. The van der Waals surface area contributed by atoms with Crippen LogP contribution in [-0.4, -0.2) is 28.1 Å². The molecule has 0 saturated heterocycles. The second-order valence-corrected chi connectivity index (χ2v) is 11.8. The average molecular weight is 559 g/mol. The molecule has 0 fully saturated rings. The van der Waals surface area contributed by atoms with Crippen molar-refractivity contribution in [3.8, 4) is 11.8 Å². The van der Waals surface area contributed by atoms with Gasteiger partial charge in [-0.1, -0.05) is 18.2 Å². The Hall–Kier alpha value is -5.65. The Bertz CT molecular complexity index is 2590. The first-order chi connectivity index (χ1) is 20.7. The molecule has 0 aliphatic rings. The van der Waals surface area contributed by atoms with Crippen LogP contribution in [0.15, 0.2) is 120 Å². The molecule has 0 spiro atoms. The first kappa shape index (κ1) is 23.1. The van der Waals surface area contributed by atoms with Crippen LogP contribution in [0, 0.1) is 11.3 Å². The number of hydrogen-bond acceptors (Lipinski definition) is 5. The minimum Gasteiger partial charge on any atom is -0.306 e. The quantitative estimate of drug-likeness (QED) is 0.230. The molecule has 1 unspecified atom stereocenters. The fraction of sp³-hybridized carbons (Fsp3) is 0. The van der Waals surface area contributed by atoms with Gasteiger partial charge in [-0.25, -0.2) is 4.21 Å². The molecule has 9 aromatic rings. The number of pyridine rings is 3. The van der Waals surface area contributed by atoms with Gasteiger partial charge >= 0.3 is 0 Å². The van der Waals surface area contributed by atoms with Crippen molar-refractivity contribution in [1.82, 2.24) is 23.9 Å². The third-order valence-corrected chi connectivity index (χ3v) is 9.55. The van der Waals surface area contributed by atoms with E-state index in [2.05, 4.69) is 44.3 Å². The van der Waals surface area contributed by atoms with E-state index in [1.54, 1.807) is 24.3 Å². The Labute approximate surface area is 240 Å². The van der Waals surface area contributed by atoms with Crippen LogP contribution in [0.3, 0.4) is 0 Å². The Morgan fingerprint density at radius 3 is 2.21 bits per heavy atom. The molecule has 0 aliphatic carbocycles. The number of hydrogen-bond donors (Lipinski definition) is 0. The normalized spacial score (nSPS) is 12.7. The number of rotatable bonds is 3. The van der Waals surface area contributed by atoms with Gasteiger partial charge in [0.2, 0.25) is 0 Å². The molecule has 1 atom stereocenters. The Kier molecular flexibility index (Phi) is 4.63. The van der Waals surface area contributed by atoms with Crippen molar-refractivity contribution >= 4 is 70.8 Å². The number of nitriles is 1. The predicted octanol–water partition coefficient (Wildman–Crippen LogP) is 7.16. The molecule has 0 aliphatic heterocycles. The number of fused-ring (bicyclic) bond motifs is 6. The summed E-state index contributed by atoms with van der Waals surface area (Å²) in [6.45, 7) is 0. The van der Waals surface area contributed by atoms with Crippen LogP contribution in [0.1, 0.15) is 5.56 Å². The molecule has 9 rings (SSSR count). The summed E-state index contributed by atoms with van der Waals surface area (Å²) in [6, 6.07) is 27.2. The molecule has 196 valence electrons. The highest BCUT2D eigenvalue weighted by Gasteiger charge is 2.24. The van der Waals surface area contributed by atoms with E-state index < -0.39 is 10.8 Å². The van der Waals surface area contributed by atoms with Crippen LogP contribution in [-0.2, 0) is 10.8 Å². The molecule has 8 heteroatoms. The van der Waals surface area contributed by atoms with Crippen molar-refractivity contribution in [1.29, 1.82) is 5.26 Å². The predicted molar refractivity (Wildman–Crippen MR) is 165 cm³/mol. The Balaban J connectivity index is 1.35. The van der Waals surface area contributed by atoms with E-state index in [1.165, 1.54) is 0 Å². The van der Waals surface area contributed by atoms with E-state index in [0.29, 0.717) is 15.4 Å². The first-order valence-corrected chi connectivity index (χ1v) is 14.6. The van der Waals surface area contributed by atoms with Crippen molar-refractivity contribution in [2.24, 2.45) is 0 Å². The van der Waals surface area contributed by atoms with Crippen LogP contribution in [0.2, 0.25) is 0 Å². The molecule has 0 N–H and O–H groups in total. The highest BCUT2D eigenvalue weighted by atomic mass is 32.2. The molecule has 6 heterocycles. The summed E-state index contributed by atoms with van der Waals surface area (Å²) in [5.74, 6) is 0. The van der Waals surface area contributed by atoms with E-state index in [0.717, 1.165) is 65.7 Å². The SMILES string of the molecule is N#Cc1ccc(S(=O)c2ccc(-n3c4cncc5c6ccccc6n6c7cnccc7c7ncc3c(c54)c76)cc2)cc1. The van der Waals surface area contributed by atoms with Crippen LogP contribution >= 0.6 is 0 Å². The second kappa shape index (κ2) is 8.43. The average Bonchev–Trinajstić information content (AvgIpc) is 3.53. The van der Waals surface area contributed by atoms with Gasteiger partial charge in [-0.05, 0) is 60.7 Å². The highest BCUT2D eigenvalue weighted by molar-refractivity contribution is 7.85. The van der Waals surface area contributed by atoms with E-state index in [1.807, 2.05) is 61.3 Å². The van der Waals surface area contributed by atoms with Crippen molar-refractivity contribution < 1.29 is 4.21 Å². The van der Waals surface area contributed by atoms with Crippen molar-refractivity contribution in [3.63, 3.8) is 0 Å². The topological polar surface area (TPSA) is 88.9 Å². The lowest BCUT2D eigenvalue weighted by molar-refractivity contribution is 0.683. The number of para-hydroxylation sites is 1. The highest BCUT2D eigenvalue weighted by Crippen LogP contribution is 2.43. The molecular formula is C34H18N6OS. The molecular weight excluding hydrogens is 540 g/mol. The maximum absolute atomic E-state index is 13.3. The summed E-state index contributed by atoms with van der Waals surface area (Å²) in [6.07, 6.45) is 9.54. The molecule has 7 nitrogen and oxygen atoms in total. The number of nitrogens with zero attached hydrogens (tertiary/aromatic N) is 6. The molecule has 3 aromatic carbocycles. The van der Waals surface area contributed by atoms with Crippen molar-refractivity contribution in [3.05, 3.63) is 115 Å². The standard InChI is InChI=1S/C34H18N6OS/c35-15-20-5-9-22(10-6-20)42(41)23-11-7-21(8-12-23)39-29-18-37-16-26-24-3-1-2-4-27(24)40-28-17-36-14-13-25(28)33-34(40)32(31(26)29)30(39)19-38-33/h1-14,16-19H. The summed E-state index contributed by atoms with van der Waals surface area (Å²) in [5.41, 5.74) is 7.49. The molecule has 6 aromatic heterocycles. The zero-order valence-corrected chi connectivity index (χ0v) is 22.7. The monoisotopic (exact) mass is 558 g/mol. The zero-order valence-electron chi connectivity index (χ0n) is 21.9. The van der Waals surface area contributed by atoms with Crippen molar-refractivity contribution in [2.75, 3.05) is 0 Å². The van der Waals surface area contributed by atoms with Gasteiger partial charge in [-0.2, -0.15) is 5.26 Å². The Morgan fingerprint density at radius 1 is 0.667 bits per heavy atom. The van der Waals surface area contributed by atoms with E-state index >= 15 is 0 Å². The summed E-state index contributed by atoms with van der Waals surface area (Å²) >= 11 is 0. The van der Waals surface area contributed by atoms with E-state index in [-0.39, 0.29) is 0 Å². The van der Waals surface area contributed by atoms with Crippen LogP contribution in [0.5, 0.6) is 0 Å². The minimum absolute atomic E-state index is 0.541. The molecule has 0 radical (unpaired) electrons. The van der Waals surface area contributed by atoms with Gasteiger partial charge in [0.1, 0.15) is 0 Å². The number of aromatic nitrogens is 5. The molecule has 0 saturated carbocycles. The molecule has 42 heavy (non-hydrogen) atoms. The smallest absolute Gasteiger partial charge is 0.0991 e. The molecule has 0 bridgehead atoms. The van der Waals surface area contributed by atoms with Crippen LogP contribution in [0.25, 0.3) is 65.7 Å². The van der Waals surface area contributed by atoms with Gasteiger partial charge in [0.05, 0.1) is 74.1 Å². The van der Waals surface area contributed by atoms with Gasteiger partial charge in [0.15, 0.2) is 0 Å². The number of benzene rings is 3. The van der Waals surface area contributed by atoms with Gasteiger partial charge in [-0.3, -0.25) is 15.0 Å². The Morgan fingerprint density at radius 2 is 1.40 bits per heavy atom. The fourth-order valence-electron chi connectivity index (χ4n) is 6.36. The summed E-state index contributed by atoms with van der Waals surface area (Å²) in [5, 5.41) is 14.6. The van der Waals surface area contributed by atoms with Crippen molar-refractivity contribution in [2.45, 2.75) is 9.79 Å². The lowest BCUT2D eigenvalue weighted by atomic mass is 10.1. The van der Waals surface area contributed by atoms with Gasteiger partial charge < -0.3 is 8.97 Å². The summed E-state index contributed by atoms with van der Waals surface area (Å²) in [7, 11) is -1.37. The molecule has 0 amide bonds. The third-order valence-electron chi connectivity index (χ3n) is 8.15. The maximum Gasteiger partial charge on any atom is 0.0991 e. The lowest BCUT2D eigenvalue weighted by Crippen LogP contribution is -1.97. The largest absolute Gasteiger partial charge is 0.306 e. The van der Waals surface area contributed by atoms with Gasteiger partial charge in [-0.15, -0.1) is 0 Å². The van der Waals surface area contributed by atoms with Gasteiger partial charge in [0, 0.05) is 54.8 Å². The lowest BCUT2D eigenvalue weighted by Gasteiger charge is -2.10. The van der Waals surface area contributed by atoms with Crippen LogP contribution < -0.4 is 0 Å². The first-order valence-electron chi connectivity index (χ1n) is 13.4. The maximum atomic E-state index is 13.3. The van der Waals surface area contributed by atoms with Gasteiger partial charge in [0.25, 0.3) is 0 Å². The van der Waals surface area contributed by atoms with E-state index in [9.17, 15) is 4.21 Å². The summed E-state index contributed by atoms with van der Waals surface area (Å²) in [4.78, 5) is 15.5.